The van der Waals surface area contributed by atoms with Crippen molar-refractivity contribution in [3.05, 3.63) is 48.0 Å². The van der Waals surface area contributed by atoms with Crippen LogP contribution in [0.15, 0.2) is 36.9 Å². The van der Waals surface area contributed by atoms with Crippen LogP contribution in [-0.4, -0.2) is 18.0 Å². The molecule has 1 rings (SSSR count). The van der Waals surface area contributed by atoms with E-state index in [4.69, 9.17) is 5.73 Å². The minimum atomic E-state index is 0.614. The van der Waals surface area contributed by atoms with Crippen molar-refractivity contribution in [1.82, 2.24) is 4.90 Å². The van der Waals surface area contributed by atoms with Crippen molar-refractivity contribution in [3.63, 3.8) is 0 Å². The van der Waals surface area contributed by atoms with Gasteiger partial charge in [-0.25, -0.2) is 0 Å². The van der Waals surface area contributed by atoms with Gasteiger partial charge in [0.15, 0.2) is 0 Å². The Morgan fingerprint density at radius 2 is 2.12 bits per heavy atom. The van der Waals surface area contributed by atoms with E-state index in [-0.39, 0.29) is 0 Å². The third-order valence-electron chi connectivity index (χ3n) is 2.56. The number of rotatable bonds is 7. The van der Waals surface area contributed by atoms with E-state index in [9.17, 15) is 0 Å². The van der Waals surface area contributed by atoms with Gasteiger partial charge in [-0.05, 0) is 24.1 Å². The molecular formula is C14H22N2. The first-order valence-corrected chi connectivity index (χ1v) is 5.91. The van der Waals surface area contributed by atoms with Crippen LogP contribution in [0.3, 0.4) is 0 Å². The lowest BCUT2D eigenvalue weighted by Gasteiger charge is -2.20. The van der Waals surface area contributed by atoms with Crippen LogP contribution in [0.2, 0.25) is 0 Å². The highest BCUT2D eigenvalue weighted by atomic mass is 15.1. The van der Waals surface area contributed by atoms with Crippen LogP contribution >= 0.6 is 0 Å². The molecule has 0 aromatic heterocycles. The van der Waals surface area contributed by atoms with Gasteiger partial charge < -0.3 is 5.73 Å². The van der Waals surface area contributed by atoms with Crippen LogP contribution in [0.4, 0.5) is 0 Å². The zero-order chi connectivity index (χ0) is 11.8. The molecule has 16 heavy (non-hydrogen) atoms. The smallest absolute Gasteiger partial charge is 0.0237 e. The van der Waals surface area contributed by atoms with Crippen molar-refractivity contribution in [3.8, 4) is 0 Å². The Morgan fingerprint density at radius 1 is 1.38 bits per heavy atom. The van der Waals surface area contributed by atoms with Gasteiger partial charge in [0.1, 0.15) is 0 Å². The van der Waals surface area contributed by atoms with Crippen LogP contribution in [-0.2, 0) is 13.1 Å². The van der Waals surface area contributed by atoms with E-state index in [0.29, 0.717) is 6.54 Å². The van der Waals surface area contributed by atoms with Crippen LogP contribution < -0.4 is 5.73 Å². The number of benzene rings is 1. The van der Waals surface area contributed by atoms with Gasteiger partial charge in [0.05, 0.1) is 0 Å². The lowest BCUT2D eigenvalue weighted by atomic mass is 10.1. The summed E-state index contributed by atoms with van der Waals surface area (Å²) in [7, 11) is 0. The second-order valence-electron chi connectivity index (χ2n) is 4.05. The number of nitrogens with zero attached hydrogens (tertiary/aromatic N) is 1. The van der Waals surface area contributed by atoms with Gasteiger partial charge in [0, 0.05) is 19.6 Å². The van der Waals surface area contributed by atoms with E-state index in [1.165, 1.54) is 17.5 Å². The summed E-state index contributed by atoms with van der Waals surface area (Å²) in [6, 6.07) is 8.49. The van der Waals surface area contributed by atoms with Gasteiger partial charge in [-0.2, -0.15) is 0 Å². The molecule has 2 nitrogen and oxygen atoms in total. The van der Waals surface area contributed by atoms with Crippen LogP contribution in [0.25, 0.3) is 0 Å². The molecule has 88 valence electrons. The molecule has 0 amide bonds. The summed E-state index contributed by atoms with van der Waals surface area (Å²) in [4.78, 5) is 2.39. The van der Waals surface area contributed by atoms with E-state index in [1.807, 2.05) is 6.08 Å². The molecule has 1 aromatic rings. The fraction of sp³-hybridized carbons (Fsp3) is 0.429. The molecule has 1 aromatic carbocycles. The van der Waals surface area contributed by atoms with Crippen molar-refractivity contribution in [2.45, 2.75) is 26.4 Å². The standard InChI is InChI=1S/C14H22N2/c1-3-8-16(9-4-2)12-14-7-5-6-13(10-14)11-15/h3,5-7,10H,1,4,8-9,11-12,15H2,2H3. The average molecular weight is 218 g/mol. The summed E-state index contributed by atoms with van der Waals surface area (Å²) in [5.41, 5.74) is 8.17. The normalized spacial score (nSPS) is 10.7. The van der Waals surface area contributed by atoms with Crippen LogP contribution in [0.5, 0.6) is 0 Å². The maximum absolute atomic E-state index is 5.64. The van der Waals surface area contributed by atoms with Gasteiger partial charge in [0.2, 0.25) is 0 Å². The Bertz CT molecular complexity index is 320. The van der Waals surface area contributed by atoms with E-state index in [0.717, 1.165) is 19.6 Å². The molecule has 0 aliphatic carbocycles. The summed E-state index contributed by atoms with van der Waals surface area (Å²) in [6.45, 7) is 9.65. The Labute approximate surface area is 98.8 Å². The molecule has 2 heteroatoms. The van der Waals surface area contributed by atoms with E-state index in [2.05, 4.69) is 42.7 Å². The molecule has 0 heterocycles. The minimum absolute atomic E-state index is 0.614. The quantitative estimate of drug-likeness (QED) is 0.713. The molecule has 0 spiro atoms. The minimum Gasteiger partial charge on any atom is -0.326 e. The highest BCUT2D eigenvalue weighted by Gasteiger charge is 2.03. The molecule has 0 saturated carbocycles. The fourth-order valence-corrected chi connectivity index (χ4v) is 1.85. The Balaban J connectivity index is 2.64. The van der Waals surface area contributed by atoms with Crippen LogP contribution in [0, 0.1) is 0 Å². The molecule has 0 aliphatic heterocycles. The van der Waals surface area contributed by atoms with E-state index in [1.54, 1.807) is 0 Å². The zero-order valence-corrected chi connectivity index (χ0v) is 10.2. The molecule has 0 radical (unpaired) electrons. The highest BCUT2D eigenvalue weighted by molar-refractivity contribution is 5.23. The maximum Gasteiger partial charge on any atom is 0.0237 e. The van der Waals surface area contributed by atoms with Crippen molar-refractivity contribution < 1.29 is 0 Å². The molecule has 0 saturated heterocycles. The summed E-state index contributed by atoms with van der Waals surface area (Å²) in [6.07, 6.45) is 3.13. The van der Waals surface area contributed by atoms with Gasteiger partial charge in [-0.1, -0.05) is 37.3 Å². The monoisotopic (exact) mass is 218 g/mol. The summed E-state index contributed by atoms with van der Waals surface area (Å²) < 4.78 is 0. The summed E-state index contributed by atoms with van der Waals surface area (Å²) in [5.74, 6) is 0. The molecule has 0 aliphatic rings. The third kappa shape index (κ3) is 4.17. The molecule has 0 unspecified atom stereocenters. The third-order valence-corrected chi connectivity index (χ3v) is 2.56. The first-order chi connectivity index (χ1) is 7.80. The van der Waals surface area contributed by atoms with Crippen molar-refractivity contribution in [2.24, 2.45) is 5.73 Å². The van der Waals surface area contributed by atoms with Crippen LogP contribution in [0.1, 0.15) is 24.5 Å². The number of nitrogens with two attached hydrogens (primary N) is 1. The van der Waals surface area contributed by atoms with Crippen molar-refractivity contribution >= 4 is 0 Å². The fourth-order valence-electron chi connectivity index (χ4n) is 1.85. The van der Waals surface area contributed by atoms with Crippen molar-refractivity contribution in [1.29, 1.82) is 0 Å². The number of hydrogen-bond donors (Lipinski definition) is 1. The van der Waals surface area contributed by atoms with Gasteiger partial charge in [0.25, 0.3) is 0 Å². The Morgan fingerprint density at radius 3 is 2.75 bits per heavy atom. The average Bonchev–Trinajstić information content (AvgIpc) is 2.30. The Hall–Kier alpha value is -1.12. The van der Waals surface area contributed by atoms with Gasteiger partial charge >= 0.3 is 0 Å². The van der Waals surface area contributed by atoms with Crippen molar-refractivity contribution in [2.75, 3.05) is 13.1 Å². The molecule has 0 fully saturated rings. The van der Waals surface area contributed by atoms with Gasteiger partial charge in [-0.3, -0.25) is 4.90 Å². The summed E-state index contributed by atoms with van der Waals surface area (Å²) >= 11 is 0. The molecule has 0 atom stereocenters. The molecular weight excluding hydrogens is 196 g/mol. The SMILES string of the molecule is C=CCN(CCC)Cc1cccc(CN)c1. The second-order valence-corrected chi connectivity index (χ2v) is 4.05. The maximum atomic E-state index is 5.64. The lowest BCUT2D eigenvalue weighted by molar-refractivity contribution is 0.295. The van der Waals surface area contributed by atoms with E-state index >= 15 is 0 Å². The highest BCUT2D eigenvalue weighted by Crippen LogP contribution is 2.08. The first-order valence-electron chi connectivity index (χ1n) is 5.91. The zero-order valence-electron chi connectivity index (χ0n) is 10.2. The predicted octanol–water partition coefficient (Wildman–Crippen LogP) is 2.54. The first kappa shape index (κ1) is 12.9. The van der Waals surface area contributed by atoms with Gasteiger partial charge in [-0.15, -0.1) is 6.58 Å². The predicted molar refractivity (Wildman–Crippen MR) is 70.1 cm³/mol. The molecule has 2 N–H and O–H groups in total. The number of hydrogen-bond acceptors (Lipinski definition) is 2. The summed E-state index contributed by atoms with van der Waals surface area (Å²) in [5, 5.41) is 0. The topological polar surface area (TPSA) is 29.3 Å². The largest absolute Gasteiger partial charge is 0.326 e. The Kier molecular flexibility index (Phi) is 5.83. The van der Waals surface area contributed by atoms with E-state index < -0.39 is 0 Å². The molecule has 0 bridgehead atoms. The lowest BCUT2D eigenvalue weighted by Crippen LogP contribution is -2.24. The second kappa shape index (κ2) is 7.20.